The maximum absolute atomic E-state index is 5.76. The maximum atomic E-state index is 5.76. The largest absolute Gasteiger partial charge is 0.440 e. The number of aryl methyl sites for hydroxylation is 1. The van der Waals surface area contributed by atoms with Crippen molar-refractivity contribution in [2.45, 2.75) is 26.7 Å². The molecule has 2 aromatic rings. The quantitative estimate of drug-likeness (QED) is 0.861. The van der Waals surface area contributed by atoms with Gasteiger partial charge in [-0.25, -0.2) is 4.98 Å². The van der Waals surface area contributed by atoms with Crippen molar-refractivity contribution >= 4 is 11.1 Å². The zero-order chi connectivity index (χ0) is 11.7. The van der Waals surface area contributed by atoms with Crippen molar-refractivity contribution in [3.8, 4) is 0 Å². The molecule has 0 aliphatic heterocycles. The molecule has 0 amide bonds. The number of hydrogen-bond donors (Lipinski definition) is 1. The van der Waals surface area contributed by atoms with Gasteiger partial charge in [0.2, 0.25) is 0 Å². The number of aromatic nitrogens is 1. The number of nitrogens with zero attached hydrogens (tertiary/aromatic N) is 1. The molecule has 1 atom stereocenters. The Kier molecular flexibility index (Phi) is 2.97. The number of nitrogens with two attached hydrogens (primary N) is 1. The molecule has 86 valence electrons. The van der Waals surface area contributed by atoms with Crippen LogP contribution in [0.4, 0.5) is 0 Å². The highest BCUT2D eigenvalue weighted by atomic mass is 16.3. The minimum absolute atomic E-state index is 0.202. The Balaban J connectivity index is 2.45. The SMILES string of the molecule is Cc1ccc2oc(C(CN)C(C)C)nc2c1. The maximum Gasteiger partial charge on any atom is 0.200 e. The molecule has 1 aromatic heterocycles. The second kappa shape index (κ2) is 4.26. The molecule has 0 bridgehead atoms. The van der Waals surface area contributed by atoms with Crippen LogP contribution in [0.15, 0.2) is 22.6 Å². The summed E-state index contributed by atoms with van der Waals surface area (Å²) in [5, 5.41) is 0. The molecular formula is C13H18N2O. The molecule has 0 saturated carbocycles. The van der Waals surface area contributed by atoms with Gasteiger partial charge in [-0.05, 0) is 30.5 Å². The molecule has 0 spiro atoms. The van der Waals surface area contributed by atoms with E-state index in [0.717, 1.165) is 17.0 Å². The van der Waals surface area contributed by atoms with Gasteiger partial charge in [0.25, 0.3) is 0 Å². The van der Waals surface area contributed by atoms with Crippen LogP contribution in [0.2, 0.25) is 0 Å². The molecule has 3 nitrogen and oxygen atoms in total. The predicted octanol–water partition coefficient (Wildman–Crippen LogP) is 2.83. The van der Waals surface area contributed by atoms with Crippen LogP contribution in [-0.2, 0) is 0 Å². The van der Waals surface area contributed by atoms with Crippen LogP contribution in [0.25, 0.3) is 11.1 Å². The summed E-state index contributed by atoms with van der Waals surface area (Å²) in [5.74, 6) is 1.41. The third-order valence-corrected chi connectivity index (χ3v) is 2.94. The van der Waals surface area contributed by atoms with E-state index in [0.29, 0.717) is 12.5 Å². The summed E-state index contributed by atoms with van der Waals surface area (Å²) in [6, 6.07) is 6.04. The van der Waals surface area contributed by atoms with Gasteiger partial charge >= 0.3 is 0 Å². The van der Waals surface area contributed by atoms with E-state index >= 15 is 0 Å². The standard InChI is InChI=1S/C13H18N2O/c1-8(2)10(7-14)13-15-11-6-9(3)4-5-12(11)16-13/h4-6,8,10H,7,14H2,1-3H3. The van der Waals surface area contributed by atoms with E-state index in [2.05, 4.69) is 25.8 Å². The topological polar surface area (TPSA) is 52.0 Å². The van der Waals surface area contributed by atoms with Crippen molar-refractivity contribution in [3.63, 3.8) is 0 Å². The number of benzene rings is 1. The predicted molar refractivity (Wildman–Crippen MR) is 65.4 cm³/mol. The van der Waals surface area contributed by atoms with Crippen molar-refractivity contribution in [2.24, 2.45) is 11.7 Å². The van der Waals surface area contributed by atoms with Gasteiger partial charge in [0.15, 0.2) is 11.5 Å². The van der Waals surface area contributed by atoms with Crippen molar-refractivity contribution in [2.75, 3.05) is 6.54 Å². The average molecular weight is 218 g/mol. The molecule has 1 aromatic carbocycles. The van der Waals surface area contributed by atoms with E-state index in [1.54, 1.807) is 0 Å². The Hall–Kier alpha value is -1.35. The number of hydrogen-bond acceptors (Lipinski definition) is 3. The zero-order valence-corrected chi connectivity index (χ0v) is 10.0. The van der Waals surface area contributed by atoms with E-state index < -0.39 is 0 Å². The minimum Gasteiger partial charge on any atom is -0.440 e. The Bertz CT molecular complexity index is 488. The molecular weight excluding hydrogens is 200 g/mol. The Morgan fingerprint density at radius 1 is 1.38 bits per heavy atom. The third kappa shape index (κ3) is 1.95. The molecule has 1 heterocycles. The molecule has 3 heteroatoms. The van der Waals surface area contributed by atoms with Gasteiger partial charge in [-0.1, -0.05) is 19.9 Å². The molecule has 2 N–H and O–H groups in total. The lowest BCUT2D eigenvalue weighted by molar-refractivity contribution is 0.400. The van der Waals surface area contributed by atoms with E-state index in [1.165, 1.54) is 5.56 Å². The Morgan fingerprint density at radius 3 is 2.75 bits per heavy atom. The van der Waals surface area contributed by atoms with Gasteiger partial charge in [0.1, 0.15) is 5.52 Å². The first-order valence-corrected chi connectivity index (χ1v) is 5.69. The van der Waals surface area contributed by atoms with Crippen LogP contribution in [0, 0.1) is 12.8 Å². The van der Waals surface area contributed by atoms with Gasteiger partial charge in [-0.2, -0.15) is 0 Å². The van der Waals surface area contributed by atoms with Crippen LogP contribution < -0.4 is 5.73 Å². The molecule has 16 heavy (non-hydrogen) atoms. The lowest BCUT2D eigenvalue weighted by atomic mass is 9.96. The monoisotopic (exact) mass is 218 g/mol. The number of fused-ring (bicyclic) bond motifs is 1. The highest BCUT2D eigenvalue weighted by Gasteiger charge is 2.20. The normalized spacial score (nSPS) is 13.6. The molecule has 0 saturated heterocycles. The second-order valence-electron chi connectivity index (χ2n) is 4.61. The summed E-state index contributed by atoms with van der Waals surface area (Å²) < 4.78 is 5.75. The molecule has 0 radical (unpaired) electrons. The first kappa shape index (κ1) is 11.1. The number of rotatable bonds is 3. The van der Waals surface area contributed by atoms with E-state index in [1.807, 2.05) is 18.2 Å². The second-order valence-corrected chi connectivity index (χ2v) is 4.61. The lowest BCUT2D eigenvalue weighted by Gasteiger charge is -2.13. The fraction of sp³-hybridized carbons (Fsp3) is 0.462. The van der Waals surface area contributed by atoms with Gasteiger partial charge in [-0.15, -0.1) is 0 Å². The van der Waals surface area contributed by atoms with Crippen molar-refractivity contribution in [1.29, 1.82) is 0 Å². The zero-order valence-electron chi connectivity index (χ0n) is 10.0. The van der Waals surface area contributed by atoms with E-state index in [9.17, 15) is 0 Å². The lowest BCUT2D eigenvalue weighted by Crippen LogP contribution is -2.17. The van der Waals surface area contributed by atoms with E-state index in [-0.39, 0.29) is 5.92 Å². The molecule has 2 rings (SSSR count). The van der Waals surface area contributed by atoms with Crippen LogP contribution in [0.1, 0.15) is 31.2 Å². The van der Waals surface area contributed by atoms with Crippen molar-refractivity contribution < 1.29 is 4.42 Å². The number of oxazole rings is 1. The Labute approximate surface area is 95.7 Å². The fourth-order valence-electron chi connectivity index (χ4n) is 1.87. The summed E-state index contributed by atoms with van der Waals surface area (Å²) >= 11 is 0. The van der Waals surface area contributed by atoms with Gasteiger partial charge in [0, 0.05) is 6.54 Å². The van der Waals surface area contributed by atoms with Crippen LogP contribution in [-0.4, -0.2) is 11.5 Å². The summed E-state index contributed by atoms with van der Waals surface area (Å²) in [4.78, 5) is 4.52. The first-order chi connectivity index (χ1) is 7.61. The van der Waals surface area contributed by atoms with Crippen molar-refractivity contribution in [1.82, 2.24) is 4.98 Å². The molecule has 1 unspecified atom stereocenters. The summed E-state index contributed by atoms with van der Waals surface area (Å²) in [6.07, 6.45) is 0. The van der Waals surface area contributed by atoms with Crippen LogP contribution >= 0.6 is 0 Å². The van der Waals surface area contributed by atoms with Crippen molar-refractivity contribution in [3.05, 3.63) is 29.7 Å². The van der Waals surface area contributed by atoms with Gasteiger partial charge in [-0.3, -0.25) is 0 Å². The van der Waals surface area contributed by atoms with Crippen LogP contribution in [0.3, 0.4) is 0 Å². The Morgan fingerprint density at radius 2 is 2.12 bits per heavy atom. The highest BCUT2D eigenvalue weighted by Crippen LogP contribution is 2.26. The molecule has 0 fully saturated rings. The van der Waals surface area contributed by atoms with Gasteiger partial charge < -0.3 is 10.2 Å². The highest BCUT2D eigenvalue weighted by molar-refractivity contribution is 5.73. The minimum atomic E-state index is 0.202. The van der Waals surface area contributed by atoms with E-state index in [4.69, 9.17) is 10.2 Å². The van der Waals surface area contributed by atoms with Crippen LogP contribution in [0.5, 0.6) is 0 Å². The summed E-state index contributed by atoms with van der Waals surface area (Å²) in [7, 11) is 0. The summed E-state index contributed by atoms with van der Waals surface area (Å²) in [5.41, 5.74) is 8.73. The summed E-state index contributed by atoms with van der Waals surface area (Å²) in [6.45, 7) is 6.90. The average Bonchev–Trinajstić information content (AvgIpc) is 2.60. The molecule has 0 aliphatic carbocycles. The fourth-order valence-corrected chi connectivity index (χ4v) is 1.87. The first-order valence-electron chi connectivity index (χ1n) is 5.69. The smallest absolute Gasteiger partial charge is 0.200 e. The van der Waals surface area contributed by atoms with Gasteiger partial charge in [0.05, 0.1) is 5.92 Å². The molecule has 0 aliphatic rings. The third-order valence-electron chi connectivity index (χ3n) is 2.94.